The van der Waals surface area contributed by atoms with Crippen molar-refractivity contribution in [2.24, 2.45) is 5.73 Å². The molecule has 6 nitrogen and oxygen atoms in total. The number of sulfonamides is 1. The minimum atomic E-state index is -3.57. The van der Waals surface area contributed by atoms with E-state index in [9.17, 15) is 13.2 Å². The van der Waals surface area contributed by atoms with E-state index in [4.69, 9.17) is 5.73 Å². The molecule has 94 valence electrons. The number of hydrogen-bond acceptors (Lipinski definition) is 4. The molecule has 0 aromatic heterocycles. The topological polar surface area (TPSA) is 101 Å². The largest absolute Gasteiger partial charge is 0.388 e. The first kappa shape index (κ1) is 13.5. The average Bonchev–Trinajstić information content (AvgIpc) is 2.28. The molecule has 0 fully saturated rings. The van der Waals surface area contributed by atoms with Crippen molar-refractivity contribution in [3.8, 4) is 0 Å². The van der Waals surface area contributed by atoms with Crippen LogP contribution < -0.4 is 15.8 Å². The summed E-state index contributed by atoms with van der Waals surface area (Å²) < 4.78 is 25.8. The monoisotopic (exact) mass is 257 g/mol. The molecule has 0 atom stereocenters. The van der Waals surface area contributed by atoms with Gasteiger partial charge in [-0.25, -0.2) is 13.1 Å². The van der Waals surface area contributed by atoms with Gasteiger partial charge in [0.25, 0.3) is 0 Å². The summed E-state index contributed by atoms with van der Waals surface area (Å²) in [6.45, 7) is 0.00540. The van der Waals surface area contributed by atoms with E-state index in [2.05, 4.69) is 10.0 Å². The fourth-order valence-corrected chi connectivity index (χ4v) is 2.22. The molecule has 1 aromatic carbocycles. The molecule has 1 amide bonds. The lowest BCUT2D eigenvalue weighted by Gasteiger charge is -2.06. The van der Waals surface area contributed by atoms with E-state index in [1.165, 1.54) is 12.1 Å². The van der Waals surface area contributed by atoms with Crippen molar-refractivity contribution < 1.29 is 13.2 Å². The second kappa shape index (κ2) is 5.65. The predicted molar refractivity (Wildman–Crippen MR) is 65.0 cm³/mol. The predicted octanol–water partition coefficient (Wildman–Crippen LogP) is -0.118. The van der Waals surface area contributed by atoms with Gasteiger partial charge < -0.3 is 11.1 Å². The highest BCUT2D eigenvalue weighted by Crippen LogP contribution is 2.13. The quantitative estimate of drug-likeness (QED) is 0.661. The summed E-state index contributed by atoms with van der Waals surface area (Å²) in [4.78, 5) is 10.6. The number of carbonyl (C=O) groups excluding carboxylic acids is 1. The van der Waals surface area contributed by atoms with Gasteiger partial charge in [-0.15, -0.1) is 0 Å². The van der Waals surface area contributed by atoms with Crippen molar-refractivity contribution in [2.75, 3.05) is 18.9 Å². The molecule has 0 saturated carbocycles. The molecule has 0 saturated heterocycles. The molecule has 0 aliphatic carbocycles. The molecule has 7 heteroatoms. The summed E-state index contributed by atoms with van der Waals surface area (Å²) in [5.41, 5.74) is 5.74. The van der Waals surface area contributed by atoms with Crippen LogP contribution in [0.5, 0.6) is 0 Å². The Bertz CT molecular complexity index is 482. The van der Waals surface area contributed by atoms with E-state index < -0.39 is 15.9 Å². The summed E-state index contributed by atoms with van der Waals surface area (Å²) >= 11 is 0. The van der Waals surface area contributed by atoms with Gasteiger partial charge in [0.05, 0.1) is 4.90 Å². The third-order valence-electron chi connectivity index (χ3n) is 2.12. The minimum Gasteiger partial charge on any atom is -0.388 e. The lowest BCUT2D eigenvalue weighted by molar-refractivity contribution is -0.117. The number of primary amides is 1. The van der Waals surface area contributed by atoms with Crippen LogP contribution in [0.2, 0.25) is 0 Å². The molecule has 17 heavy (non-hydrogen) atoms. The number of nitrogens with two attached hydrogens (primary N) is 1. The van der Waals surface area contributed by atoms with Gasteiger partial charge in [-0.1, -0.05) is 0 Å². The molecule has 0 radical (unpaired) electrons. The number of rotatable bonds is 6. The number of nitrogens with one attached hydrogen (secondary N) is 2. The molecule has 0 bridgehead atoms. The Labute approximate surface area is 100 Å². The summed E-state index contributed by atoms with van der Waals surface area (Å²) in [5, 5.41) is 2.89. The maximum atomic E-state index is 11.7. The lowest BCUT2D eigenvalue weighted by Crippen LogP contribution is -2.28. The lowest BCUT2D eigenvalue weighted by atomic mass is 10.3. The highest BCUT2D eigenvalue weighted by Gasteiger charge is 2.13. The standard InChI is InChI=1S/C10H15N3O3S/c1-12-8-2-4-9(5-3-8)17(15,16)13-7-6-10(11)14/h2-5,12-13H,6-7H2,1H3,(H2,11,14). The molecule has 1 aromatic rings. The van der Waals surface area contributed by atoms with Crippen LogP contribution in [0.4, 0.5) is 5.69 Å². The SMILES string of the molecule is CNc1ccc(S(=O)(=O)NCCC(N)=O)cc1. The van der Waals surface area contributed by atoms with Crippen LogP contribution in [0.1, 0.15) is 6.42 Å². The second-order valence-corrected chi connectivity index (χ2v) is 5.16. The first-order valence-corrected chi connectivity index (χ1v) is 6.50. The van der Waals surface area contributed by atoms with Crippen LogP contribution >= 0.6 is 0 Å². The van der Waals surface area contributed by atoms with Gasteiger partial charge in [0, 0.05) is 25.7 Å². The highest BCUT2D eigenvalue weighted by atomic mass is 32.2. The van der Waals surface area contributed by atoms with Crippen LogP contribution in [-0.2, 0) is 14.8 Å². The van der Waals surface area contributed by atoms with Crippen LogP contribution in [0.3, 0.4) is 0 Å². The molecule has 0 heterocycles. The van der Waals surface area contributed by atoms with Gasteiger partial charge in [0.1, 0.15) is 0 Å². The Morgan fingerprint density at radius 3 is 2.35 bits per heavy atom. The molecular formula is C10H15N3O3S. The second-order valence-electron chi connectivity index (χ2n) is 3.39. The van der Waals surface area contributed by atoms with Crippen molar-refractivity contribution in [1.29, 1.82) is 0 Å². The van der Waals surface area contributed by atoms with Gasteiger partial charge in [0.2, 0.25) is 15.9 Å². The first-order valence-electron chi connectivity index (χ1n) is 5.01. The van der Waals surface area contributed by atoms with Crippen molar-refractivity contribution in [1.82, 2.24) is 4.72 Å². The molecule has 0 aliphatic heterocycles. The zero-order chi connectivity index (χ0) is 12.9. The Morgan fingerprint density at radius 1 is 1.29 bits per heavy atom. The van der Waals surface area contributed by atoms with E-state index >= 15 is 0 Å². The maximum Gasteiger partial charge on any atom is 0.240 e. The van der Waals surface area contributed by atoms with Gasteiger partial charge >= 0.3 is 0 Å². The molecule has 0 spiro atoms. The third-order valence-corrected chi connectivity index (χ3v) is 3.59. The minimum absolute atomic E-state index is 0.00540. The van der Waals surface area contributed by atoms with Crippen LogP contribution in [0, 0.1) is 0 Å². The van der Waals surface area contributed by atoms with Gasteiger partial charge in [-0.05, 0) is 24.3 Å². The normalized spacial score (nSPS) is 11.1. The highest BCUT2D eigenvalue weighted by molar-refractivity contribution is 7.89. The van der Waals surface area contributed by atoms with Crippen molar-refractivity contribution >= 4 is 21.6 Å². The van der Waals surface area contributed by atoms with E-state index in [0.717, 1.165) is 5.69 Å². The van der Waals surface area contributed by atoms with Crippen molar-refractivity contribution in [2.45, 2.75) is 11.3 Å². The molecular weight excluding hydrogens is 242 g/mol. The number of hydrogen-bond donors (Lipinski definition) is 3. The number of amides is 1. The molecule has 0 unspecified atom stereocenters. The van der Waals surface area contributed by atoms with Crippen LogP contribution in [0.25, 0.3) is 0 Å². The Balaban J connectivity index is 2.72. The molecule has 0 aliphatic rings. The number of benzene rings is 1. The fourth-order valence-electron chi connectivity index (χ4n) is 1.19. The third kappa shape index (κ3) is 4.04. The molecule has 1 rings (SSSR count). The van der Waals surface area contributed by atoms with Crippen molar-refractivity contribution in [3.63, 3.8) is 0 Å². The van der Waals surface area contributed by atoms with Crippen molar-refractivity contribution in [3.05, 3.63) is 24.3 Å². The first-order chi connectivity index (χ1) is 7.95. The molecule has 4 N–H and O–H groups in total. The van der Waals surface area contributed by atoms with Gasteiger partial charge in [-0.2, -0.15) is 0 Å². The summed E-state index contributed by atoms with van der Waals surface area (Å²) in [6.07, 6.45) is -0.0200. The maximum absolute atomic E-state index is 11.7. The van der Waals surface area contributed by atoms with Gasteiger partial charge in [0.15, 0.2) is 0 Å². The summed E-state index contributed by atoms with van der Waals surface area (Å²) in [5.74, 6) is -0.543. The van der Waals surface area contributed by atoms with E-state index in [1.54, 1.807) is 19.2 Å². The zero-order valence-electron chi connectivity index (χ0n) is 9.43. The number of carbonyl (C=O) groups is 1. The summed E-state index contributed by atoms with van der Waals surface area (Å²) in [6, 6.07) is 6.28. The fraction of sp³-hybridized carbons (Fsp3) is 0.300. The van der Waals surface area contributed by atoms with E-state index in [-0.39, 0.29) is 17.9 Å². The Hall–Kier alpha value is -1.60. The van der Waals surface area contributed by atoms with Crippen LogP contribution in [-0.4, -0.2) is 27.9 Å². The van der Waals surface area contributed by atoms with E-state index in [0.29, 0.717) is 0 Å². The average molecular weight is 257 g/mol. The van der Waals surface area contributed by atoms with Gasteiger partial charge in [-0.3, -0.25) is 4.79 Å². The number of anilines is 1. The van der Waals surface area contributed by atoms with Crippen LogP contribution in [0.15, 0.2) is 29.2 Å². The van der Waals surface area contributed by atoms with E-state index in [1.807, 2.05) is 0 Å². The zero-order valence-corrected chi connectivity index (χ0v) is 10.3. The Morgan fingerprint density at radius 2 is 1.88 bits per heavy atom. The Kier molecular flexibility index (Phi) is 4.47. The smallest absolute Gasteiger partial charge is 0.240 e. The summed E-state index contributed by atoms with van der Waals surface area (Å²) in [7, 11) is -1.82.